The van der Waals surface area contributed by atoms with E-state index in [1.165, 1.54) is 14.9 Å². The van der Waals surface area contributed by atoms with Crippen molar-refractivity contribution >= 4 is 39.7 Å². The molecule has 3 rings (SSSR count). The summed E-state index contributed by atoms with van der Waals surface area (Å²) in [5.74, 6) is 0. The zero-order chi connectivity index (χ0) is 13.9. The van der Waals surface area contributed by atoms with Crippen molar-refractivity contribution in [2.45, 2.75) is 0 Å². The van der Waals surface area contributed by atoms with Crippen LogP contribution >= 0.6 is 22.6 Å². The van der Waals surface area contributed by atoms with E-state index in [0.29, 0.717) is 0 Å². The van der Waals surface area contributed by atoms with Gasteiger partial charge in [0.25, 0.3) is 0 Å². The molecule has 1 heterocycles. The number of benzene rings is 2. The Bertz CT molecular complexity index is 578. The van der Waals surface area contributed by atoms with Crippen LogP contribution in [0.4, 0.5) is 17.1 Å². The summed E-state index contributed by atoms with van der Waals surface area (Å²) in [5.41, 5.74) is 9.28. The molecular weight excluding hydrogens is 361 g/mol. The van der Waals surface area contributed by atoms with Crippen molar-refractivity contribution in [2.75, 3.05) is 41.7 Å². The Hall–Kier alpha value is -1.43. The Kier molecular flexibility index (Phi) is 4.00. The van der Waals surface area contributed by atoms with Gasteiger partial charge in [0.15, 0.2) is 0 Å². The summed E-state index contributed by atoms with van der Waals surface area (Å²) in [6.45, 7) is 4.22. The van der Waals surface area contributed by atoms with Gasteiger partial charge in [-0.2, -0.15) is 0 Å². The van der Waals surface area contributed by atoms with Crippen LogP contribution in [-0.4, -0.2) is 26.2 Å². The number of anilines is 3. The van der Waals surface area contributed by atoms with Crippen LogP contribution in [0.25, 0.3) is 0 Å². The molecule has 4 heteroatoms. The largest absolute Gasteiger partial charge is 0.399 e. The van der Waals surface area contributed by atoms with E-state index in [-0.39, 0.29) is 0 Å². The van der Waals surface area contributed by atoms with Gasteiger partial charge in [0.2, 0.25) is 0 Å². The summed E-state index contributed by atoms with van der Waals surface area (Å²) in [6, 6.07) is 16.8. The van der Waals surface area contributed by atoms with E-state index < -0.39 is 0 Å². The molecule has 1 aliphatic rings. The van der Waals surface area contributed by atoms with Crippen molar-refractivity contribution < 1.29 is 0 Å². The van der Waals surface area contributed by atoms with E-state index in [9.17, 15) is 0 Å². The number of rotatable bonds is 2. The number of piperazine rings is 1. The third kappa shape index (κ3) is 2.85. The fraction of sp³-hybridized carbons (Fsp3) is 0.250. The van der Waals surface area contributed by atoms with Crippen molar-refractivity contribution in [1.29, 1.82) is 0 Å². The maximum absolute atomic E-state index is 5.82. The average Bonchev–Trinajstić information content (AvgIpc) is 2.48. The standard InChI is InChI=1S/C16H18IN3/c17-15-12-13(18)6-7-16(15)20-10-8-19(9-11-20)14-4-2-1-3-5-14/h1-7,12H,8-11,18H2. The lowest BCUT2D eigenvalue weighted by Gasteiger charge is -2.37. The molecular formula is C16H18IN3. The minimum atomic E-state index is 0.834. The molecule has 0 radical (unpaired) electrons. The van der Waals surface area contributed by atoms with Crippen LogP contribution < -0.4 is 15.5 Å². The summed E-state index contributed by atoms with van der Waals surface area (Å²) < 4.78 is 1.23. The van der Waals surface area contributed by atoms with Gasteiger partial charge in [-0.15, -0.1) is 0 Å². The number of hydrogen-bond donors (Lipinski definition) is 1. The molecule has 0 amide bonds. The zero-order valence-electron chi connectivity index (χ0n) is 11.3. The normalized spacial score (nSPS) is 15.4. The second kappa shape index (κ2) is 5.91. The number of nitrogens with two attached hydrogens (primary N) is 1. The highest BCUT2D eigenvalue weighted by molar-refractivity contribution is 14.1. The van der Waals surface area contributed by atoms with Crippen LogP contribution in [0.2, 0.25) is 0 Å². The maximum atomic E-state index is 5.82. The molecule has 0 unspecified atom stereocenters. The second-order valence-corrected chi connectivity index (χ2v) is 6.18. The Morgan fingerprint density at radius 3 is 2.15 bits per heavy atom. The molecule has 2 N–H and O–H groups in total. The first kappa shape index (κ1) is 13.5. The molecule has 1 aliphatic heterocycles. The molecule has 0 aliphatic carbocycles. The molecule has 0 spiro atoms. The smallest absolute Gasteiger partial charge is 0.0504 e. The Morgan fingerprint density at radius 2 is 1.50 bits per heavy atom. The molecule has 3 nitrogen and oxygen atoms in total. The van der Waals surface area contributed by atoms with Gasteiger partial charge in [-0.25, -0.2) is 0 Å². The molecule has 0 saturated carbocycles. The van der Waals surface area contributed by atoms with Crippen molar-refractivity contribution in [2.24, 2.45) is 0 Å². The number of para-hydroxylation sites is 1. The van der Waals surface area contributed by atoms with Gasteiger partial charge in [-0.1, -0.05) is 18.2 Å². The summed E-state index contributed by atoms with van der Waals surface area (Å²) in [4.78, 5) is 4.89. The maximum Gasteiger partial charge on any atom is 0.0504 e. The third-order valence-corrected chi connectivity index (χ3v) is 4.58. The highest BCUT2D eigenvalue weighted by atomic mass is 127. The minimum absolute atomic E-state index is 0.834. The van der Waals surface area contributed by atoms with Crippen LogP contribution in [0.15, 0.2) is 48.5 Å². The first-order valence-corrected chi connectivity index (χ1v) is 7.92. The highest BCUT2D eigenvalue weighted by Gasteiger charge is 2.18. The summed E-state index contributed by atoms with van der Waals surface area (Å²) >= 11 is 2.37. The van der Waals surface area contributed by atoms with Gasteiger partial charge in [0.1, 0.15) is 0 Å². The molecule has 2 aromatic rings. The predicted molar refractivity (Wildman–Crippen MR) is 94.4 cm³/mol. The lowest BCUT2D eigenvalue weighted by molar-refractivity contribution is 0.653. The average molecular weight is 379 g/mol. The van der Waals surface area contributed by atoms with Crippen molar-refractivity contribution in [3.8, 4) is 0 Å². The Labute approximate surface area is 133 Å². The molecule has 0 atom stereocenters. The van der Waals surface area contributed by atoms with Crippen LogP contribution in [0.5, 0.6) is 0 Å². The minimum Gasteiger partial charge on any atom is -0.399 e. The topological polar surface area (TPSA) is 32.5 Å². The number of nitrogen functional groups attached to an aromatic ring is 1. The molecule has 0 aromatic heterocycles. The van der Waals surface area contributed by atoms with Gasteiger partial charge in [0.05, 0.1) is 5.69 Å². The number of hydrogen-bond acceptors (Lipinski definition) is 3. The first-order valence-electron chi connectivity index (χ1n) is 6.84. The molecule has 1 saturated heterocycles. The van der Waals surface area contributed by atoms with Crippen molar-refractivity contribution in [3.05, 3.63) is 52.1 Å². The monoisotopic (exact) mass is 379 g/mol. The third-order valence-electron chi connectivity index (χ3n) is 3.71. The number of nitrogens with zero attached hydrogens (tertiary/aromatic N) is 2. The van der Waals surface area contributed by atoms with Crippen LogP contribution in [0, 0.1) is 3.57 Å². The lowest BCUT2D eigenvalue weighted by Crippen LogP contribution is -2.46. The van der Waals surface area contributed by atoms with Gasteiger partial charge in [-0.05, 0) is 52.9 Å². The van der Waals surface area contributed by atoms with E-state index in [1.807, 2.05) is 12.1 Å². The van der Waals surface area contributed by atoms with E-state index in [1.54, 1.807) is 0 Å². The predicted octanol–water partition coefficient (Wildman–Crippen LogP) is 3.20. The fourth-order valence-corrected chi connectivity index (χ4v) is 3.50. The summed E-state index contributed by atoms with van der Waals surface area (Å²) in [7, 11) is 0. The highest BCUT2D eigenvalue weighted by Crippen LogP contribution is 2.26. The van der Waals surface area contributed by atoms with Crippen LogP contribution in [-0.2, 0) is 0 Å². The van der Waals surface area contributed by atoms with Gasteiger partial charge >= 0.3 is 0 Å². The second-order valence-electron chi connectivity index (χ2n) is 5.02. The fourth-order valence-electron chi connectivity index (χ4n) is 2.62. The zero-order valence-corrected chi connectivity index (χ0v) is 13.5. The summed E-state index contributed by atoms with van der Waals surface area (Å²) in [5, 5.41) is 0. The Morgan fingerprint density at radius 1 is 0.850 bits per heavy atom. The van der Waals surface area contributed by atoms with E-state index >= 15 is 0 Å². The van der Waals surface area contributed by atoms with E-state index in [4.69, 9.17) is 5.73 Å². The van der Waals surface area contributed by atoms with Gasteiger partial charge in [-0.3, -0.25) is 0 Å². The van der Waals surface area contributed by atoms with Gasteiger partial charge < -0.3 is 15.5 Å². The van der Waals surface area contributed by atoms with Crippen LogP contribution in [0.3, 0.4) is 0 Å². The molecule has 104 valence electrons. The van der Waals surface area contributed by atoms with Crippen LogP contribution in [0.1, 0.15) is 0 Å². The molecule has 20 heavy (non-hydrogen) atoms. The van der Waals surface area contributed by atoms with E-state index in [2.05, 4.69) is 68.8 Å². The SMILES string of the molecule is Nc1ccc(N2CCN(c3ccccc3)CC2)c(I)c1. The molecule has 0 bridgehead atoms. The van der Waals surface area contributed by atoms with E-state index in [0.717, 1.165) is 31.9 Å². The van der Waals surface area contributed by atoms with Crippen molar-refractivity contribution in [1.82, 2.24) is 0 Å². The molecule has 2 aromatic carbocycles. The first-order chi connectivity index (χ1) is 9.74. The lowest BCUT2D eigenvalue weighted by atomic mass is 10.2. The van der Waals surface area contributed by atoms with Crippen molar-refractivity contribution in [3.63, 3.8) is 0 Å². The summed E-state index contributed by atoms with van der Waals surface area (Å²) in [6.07, 6.45) is 0. The Balaban J connectivity index is 1.69. The molecule has 1 fully saturated rings. The quantitative estimate of drug-likeness (QED) is 0.643. The number of halogens is 1. The van der Waals surface area contributed by atoms with Gasteiger partial charge in [0, 0.05) is 41.1 Å².